The number of nitrogens with zero attached hydrogens (tertiary/aromatic N) is 3. The van der Waals surface area contributed by atoms with Gasteiger partial charge in [-0.1, -0.05) is 24.3 Å². The first kappa shape index (κ1) is 12.2. The van der Waals surface area contributed by atoms with Crippen molar-refractivity contribution in [1.29, 1.82) is 0 Å². The number of nitrogen functional groups attached to an aromatic ring is 1. The number of aryl methyl sites for hydroxylation is 1. The van der Waals surface area contributed by atoms with Crippen molar-refractivity contribution in [3.05, 3.63) is 36.0 Å². The average molecular weight is 256 g/mol. The van der Waals surface area contributed by atoms with Crippen molar-refractivity contribution < 1.29 is 0 Å². The van der Waals surface area contributed by atoms with E-state index in [0.29, 0.717) is 0 Å². The highest BCUT2D eigenvalue weighted by molar-refractivity contribution is 5.76. The topological polar surface area (TPSA) is 47.1 Å². The molecule has 2 N–H and O–H groups in total. The van der Waals surface area contributed by atoms with Gasteiger partial charge < -0.3 is 5.73 Å². The quantitative estimate of drug-likeness (QED) is 0.916. The Bertz CT molecular complexity index is 567. The van der Waals surface area contributed by atoms with Gasteiger partial charge in [-0.3, -0.25) is 9.58 Å². The second kappa shape index (κ2) is 5.05. The lowest BCUT2D eigenvalue weighted by Crippen LogP contribution is -2.18. The molecule has 0 radical (unpaired) electrons. The molecular formula is C15H20N4. The maximum Gasteiger partial charge on any atom is 0.129 e. The molecule has 1 aliphatic rings. The van der Waals surface area contributed by atoms with Crippen LogP contribution in [0.3, 0.4) is 0 Å². The van der Waals surface area contributed by atoms with Crippen LogP contribution in [0.5, 0.6) is 0 Å². The van der Waals surface area contributed by atoms with Gasteiger partial charge in [0, 0.05) is 19.2 Å². The number of hydrogen-bond donors (Lipinski definition) is 1. The van der Waals surface area contributed by atoms with E-state index in [1.807, 2.05) is 13.2 Å². The van der Waals surface area contributed by atoms with Gasteiger partial charge in [-0.25, -0.2) is 0 Å². The summed E-state index contributed by atoms with van der Waals surface area (Å²) in [5.41, 5.74) is 9.68. The molecule has 4 heteroatoms. The highest BCUT2D eigenvalue weighted by atomic mass is 15.3. The van der Waals surface area contributed by atoms with Gasteiger partial charge in [0.2, 0.25) is 0 Å². The van der Waals surface area contributed by atoms with Crippen molar-refractivity contribution >= 4 is 5.82 Å². The molecule has 2 heterocycles. The van der Waals surface area contributed by atoms with Crippen LogP contribution in [-0.2, 0) is 13.6 Å². The molecule has 0 spiro atoms. The Morgan fingerprint density at radius 3 is 2.58 bits per heavy atom. The van der Waals surface area contributed by atoms with E-state index in [2.05, 4.69) is 34.3 Å². The molecule has 1 saturated heterocycles. The minimum atomic E-state index is 0.730. The number of anilines is 1. The normalized spacial score (nSPS) is 16.1. The van der Waals surface area contributed by atoms with Crippen LogP contribution < -0.4 is 5.73 Å². The van der Waals surface area contributed by atoms with Crippen LogP contribution in [0, 0.1) is 0 Å². The summed E-state index contributed by atoms with van der Waals surface area (Å²) in [6.07, 6.45) is 4.49. The largest absolute Gasteiger partial charge is 0.383 e. The molecule has 0 amide bonds. The monoisotopic (exact) mass is 256 g/mol. The maximum absolute atomic E-state index is 6.10. The van der Waals surface area contributed by atoms with Gasteiger partial charge in [-0.05, 0) is 37.1 Å². The second-order valence-corrected chi connectivity index (χ2v) is 5.21. The van der Waals surface area contributed by atoms with Gasteiger partial charge in [-0.15, -0.1) is 0 Å². The summed E-state index contributed by atoms with van der Waals surface area (Å²) in [5.74, 6) is 0.730. The predicted molar refractivity (Wildman–Crippen MR) is 77.6 cm³/mol. The Kier molecular flexibility index (Phi) is 3.25. The Labute approximate surface area is 113 Å². The molecule has 19 heavy (non-hydrogen) atoms. The molecule has 0 saturated carbocycles. The van der Waals surface area contributed by atoms with Crippen LogP contribution in [0.1, 0.15) is 18.4 Å². The summed E-state index contributed by atoms with van der Waals surface area (Å²) in [6, 6.07) is 8.50. The van der Waals surface area contributed by atoms with Crippen molar-refractivity contribution in [2.24, 2.45) is 7.05 Å². The van der Waals surface area contributed by atoms with Gasteiger partial charge in [0.15, 0.2) is 0 Å². The van der Waals surface area contributed by atoms with Crippen LogP contribution in [0.25, 0.3) is 11.1 Å². The SMILES string of the molecule is Cn1ncc(-c2ccccc2CN2CCCC2)c1N. The highest BCUT2D eigenvalue weighted by Crippen LogP contribution is 2.29. The summed E-state index contributed by atoms with van der Waals surface area (Å²) in [7, 11) is 1.88. The number of benzene rings is 1. The number of rotatable bonds is 3. The van der Waals surface area contributed by atoms with E-state index in [1.54, 1.807) is 4.68 Å². The van der Waals surface area contributed by atoms with Crippen molar-refractivity contribution in [3.63, 3.8) is 0 Å². The van der Waals surface area contributed by atoms with Crippen molar-refractivity contribution in [2.75, 3.05) is 18.8 Å². The predicted octanol–water partition coefficient (Wildman–Crippen LogP) is 2.27. The highest BCUT2D eigenvalue weighted by Gasteiger charge is 2.16. The van der Waals surface area contributed by atoms with Crippen LogP contribution in [0.4, 0.5) is 5.82 Å². The van der Waals surface area contributed by atoms with Crippen molar-refractivity contribution in [1.82, 2.24) is 14.7 Å². The molecule has 100 valence electrons. The number of nitrogens with two attached hydrogens (primary N) is 1. The molecule has 1 aromatic heterocycles. The minimum Gasteiger partial charge on any atom is -0.383 e. The first-order valence-corrected chi connectivity index (χ1v) is 6.84. The van der Waals surface area contributed by atoms with E-state index in [-0.39, 0.29) is 0 Å². The zero-order valence-electron chi connectivity index (χ0n) is 11.3. The minimum absolute atomic E-state index is 0.730. The lowest BCUT2D eigenvalue weighted by molar-refractivity contribution is 0.332. The van der Waals surface area contributed by atoms with E-state index in [1.165, 1.54) is 37.1 Å². The fraction of sp³-hybridized carbons (Fsp3) is 0.400. The smallest absolute Gasteiger partial charge is 0.129 e. The van der Waals surface area contributed by atoms with Gasteiger partial charge >= 0.3 is 0 Å². The number of likely N-dealkylation sites (tertiary alicyclic amines) is 1. The lowest BCUT2D eigenvalue weighted by Gasteiger charge is -2.17. The van der Waals surface area contributed by atoms with Crippen LogP contribution in [0.2, 0.25) is 0 Å². The van der Waals surface area contributed by atoms with E-state index in [9.17, 15) is 0 Å². The Morgan fingerprint density at radius 2 is 1.89 bits per heavy atom. The van der Waals surface area contributed by atoms with Gasteiger partial charge in [0.25, 0.3) is 0 Å². The molecule has 0 atom stereocenters. The zero-order chi connectivity index (χ0) is 13.2. The van der Waals surface area contributed by atoms with Gasteiger partial charge in [-0.2, -0.15) is 5.10 Å². The van der Waals surface area contributed by atoms with Crippen LogP contribution in [-0.4, -0.2) is 27.8 Å². The first-order chi connectivity index (χ1) is 9.25. The fourth-order valence-corrected chi connectivity index (χ4v) is 2.76. The molecule has 0 aliphatic carbocycles. The van der Waals surface area contributed by atoms with E-state index in [4.69, 9.17) is 5.73 Å². The second-order valence-electron chi connectivity index (χ2n) is 5.21. The first-order valence-electron chi connectivity index (χ1n) is 6.84. The van der Waals surface area contributed by atoms with Crippen molar-refractivity contribution in [2.45, 2.75) is 19.4 Å². The van der Waals surface area contributed by atoms with E-state index in [0.717, 1.165) is 17.9 Å². The Balaban J connectivity index is 1.94. The third-order valence-electron chi connectivity index (χ3n) is 3.88. The molecule has 1 aromatic carbocycles. The summed E-state index contributed by atoms with van der Waals surface area (Å²) in [6.45, 7) is 3.41. The number of hydrogen-bond acceptors (Lipinski definition) is 3. The standard InChI is InChI=1S/C15H20N4/c1-18-15(16)14(10-17-18)13-7-3-2-6-12(13)11-19-8-4-5-9-19/h2-3,6-7,10H,4-5,8-9,11,16H2,1H3. The summed E-state index contributed by atoms with van der Waals surface area (Å²) >= 11 is 0. The third kappa shape index (κ3) is 2.36. The maximum atomic E-state index is 6.10. The molecule has 2 aromatic rings. The molecule has 3 rings (SSSR count). The summed E-state index contributed by atoms with van der Waals surface area (Å²) in [5, 5.41) is 4.24. The molecule has 1 aliphatic heterocycles. The Morgan fingerprint density at radius 1 is 1.16 bits per heavy atom. The molecule has 1 fully saturated rings. The number of aromatic nitrogens is 2. The lowest BCUT2D eigenvalue weighted by atomic mass is 10.0. The van der Waals surface area contributed by atoms with Gasteiger partial charge in [0.05, 0.1) is 6.20 Å². The van der Waals surface area contributed by atoms with E-state index >= 15 is 0 Å². The molecule has 0 bridgehead atoms. The van der Waals surface area contributed by atoms with E-state index < -0.39 is 0 Å². The summed E-state index contributed by atoms with van der Waals surface area (Å²) in [4.78, 5) is 2.51. The van der Waals surface area contributed by atoms with Crippen LogP contribution in [0.15, 0.2) is 30.5 Å². The Hall–Kier alpha value is -1.81. The van der Waals surface area contributed by atoms with Crippen molar-refractivity contribution in [3.8, 4) is 11.1 Å². The average Bonchev–Trinajstić information content (AvgIpc) is 3.03. The molecular weight excluding hydrogens is 236 g/mol. The molecule has 0 unspecified atom stereocenters. The zero-order valence-corrected chi connectivity index (χ0v) is 11.3. The summed E-state index contributed by atoms with van der Waals surface area (Å²) < 4.78 is 1.72. The van der Waals surface area contributed by atoms with Gasteiger partial charge in [0.1, 0.15) is 5.82 Å². The van der Waals surface area contributed by atoms with Crippen LogP contribution >= 0.6 is 0 Å². The fourth-order valence-electron chi connectivity index (χ4n) is 2.76. The third-order valence-corrected chi connectivity index (χ3v) is 3.88. The molecule has 4 nitrogen and oxygen atoms in total.